The molecule has 8 rings (SSSR count). The van der Waals surface area contributed by atoms with Crippen molar-refractivity contribution in [2.75, 3.05) is 19.6 Å². The zero-order chi connectivity index (χ0) is 42.5. The molecule has 62 heavy (non-hydrogen) atoms. The van der Waals surface area contributed by atoms with E-state index in [0.717, 1.165) is 95.1 Å². The number of nitrogens with one attached hydrogen (secondary N) is 4. The number of hydrogen-bond donors (Lipinski definition) is 4. The first-order valence-corrected chi connectivity index (χ1v) is 21.9. The van der Waals surface area contributed by atoms with Crippen LogP contribution in [-0.2, 0) is 27.1 Å². The summed E-state index contributed by atoms with van der Waals surface area (Å²) in [7, 11) is 0. The monoisotopic (exact) mass is 826 g/mol. The van der Waals surface area contributed by atoms with Gasteiger partial charge in [0.1, 0.15) is 6.04 Å². The summed E-state index contributed by atoms with van der Waals surface area (Å²) in [5.41, 5.74) is 10.3. The molecule has 0 aliphatic heterocycles. The molecule has 2 aliphatic carbocycles. The zero-order valence-electron chi connectivity index (χ0n) is 34.9. The molecule has 316 valence electrons. The van der Waals surface area contributed by atoms with Gasteiger partial charge in [0, 0.05) is 47.8 Å². The minimum absolute atomic E-state index is 0.0304. The number of ether oxygens (including phenoxy) is 2. The normalized spacial score (nSPS) is 13.5. The molecule has 2 aliphatic rings. The van der Waals surface area contributed by atoms with Crippen molar-refractivity contribution in [3.8, 4) is 22.3 Å². The Balaban J connectivity index is 0.769. The molecule has 9 heteroatoms. The first kappa shape index (κ1) is 42.0. The van der Waals surface area contributed by atoms with Crippen LogP contribution in [-0.4, -0.2) is 49.8 Å². The number of benzene rings is 6. The quantitative estimate of drug-likeness (QED) is 0.0605. The number of fused-ring (bicyclic) bond motifs is 6. The lowest BCUT2D eigenvalue weighted by atomic mass is 10.1. The average Bonchev–Trinajstić information content (AvgIpc) is 3.79. The highest BCUT2D eigenvalue weighted by Crippen LogP contribution is 2.46. The molecule has 0 fully saturated rings. The summed E-state index contributed by atoms with van der Waals surface area (Å²) in [6, 6.07) is 51.3. The Kier molecular flexibility index (Phi) is 14.0. The van der Waals surface area contributed by atoms with E-state index in [1.54, 1.807) is 0 Å². The molecule has 0 aromatic heterocycles. The second-order valence-electron chi connectivity index (χ2n) is 16.1. The first-order chi connectivity index (χ1) is 30.5. The predicted molar refractivity (Wildman–Crippen MR) is 244 cm³/mol. The summed E-state index contributed by atoms with van der Waals surface area (Å²) in [5.74, 6) is -0.234. The van der Waals surface area contributed by atoms with Crippen molar-refractivity contribution in [1.29, 1.82) is 0 Å². The maximum atomic E-state index is 13.5. The van der Waals surface area contributed by atoms with Crippen LogP contribution in [0.4, 0.5) is 9.59 Å². The number of alkyl carbamates (subject to hydrolysis) is 2. The molecule has 6 aromatic carbocycles. The highest BCUT2D eigenvalue weighted by atomic mass is 16.6. The minimum Gasteiger partial charge on any atom is -0.436 e. The van der Waals surface area contributed by atoms with Crippen LogP contribution in [0.2, 0.25) is 0 Å². The topological polar surface area (TPSA) is 118 Å². The van der Waals surface area contributed by atoms with Crippen LogP contribution < -0.4 is 21.3 Å². The molecule has 0 saturated carbocycles. The maximum Gasteiger partial charge on any atom is 0.408 e. The summed E-state index contributed by atoms with van der Waals surface area (Å²) >= 11 is 0. The van der Waals surface area contributed by atoms with Gasteiger partial charge in [0.2, 0.25) is 5.91 Å². The Morgan fingerprint density at radius 3 is 1.39 bits per heavy atom. The summed E-state index contributed by atoms with van der Waals surface area (Å²) in [6.07, 6.45) is 3.91. The van der Waals surface area contributed by atoms with Crippen molar-refractivity contribution < 1.29 is 23.9 Å². The lowest BCUT2D eigenvalue weighted by molar-refractivity contribution is -0.123. The van der Waals surface area contributed by atoms with Gasteiger partial charge in [0.05, 0.1) is 0 Å². The molecule has 0 spiro atoms. The van der Waals surface area contributed by atoms with E-state index in [4.69, 9.17) is 9.47 Å². The maximum absolute atomic E-state index is 13.5. The van der Waals surface area contributed by atoms with Crippen molar-refractivity contribution in [2.24, 2.45) is 0 Å². The van der Waals surface area contributed by atoms with Crippen molar-refractivity contribution >= 4 is 18.1 Å². The van der Waals surface area contributed by atoms with Crippen molar-refractivity contribution in [2.45, 2.75) is 69.2 Å². The molecule has 0 radical (unpaired) electrons. The third-order valence-corrected chi connectivity index (χ3v) is 11.8. The van der Waals surface area contributed by atoms with Crippen LogP contribution in [0.1, 0.15) is 77.7 Å². The third kappa shape index (κ3) is 10.4. The molecule has 2 atom stereocenters. The summed E-state index contributed by atoms with van der Waals surface area (Å²) in [6.45, 7) is 1.76. The van der Waals surface area contributed by atoms with Gasteiger partial charge in [-0.05, 0) is 59.2 Å². The Hall–Kier alpha value is -6.71. The van der Waals surface area contributed by atoms with Crippen LogP contribution in [0.3, 0.4) is 0 Å². The smallest absolute Gasteiger partial charge is 0.408 e. The summed E-state index contributed by atoms with van der Waals surface area (Å²) in [5, 5.41) is 12.7. The zero-order valence-corrected chi connectivity index (χ0v) is 34.9. The van der Waals surface area contributed by atoms with E-state index in [1.807, 2.05) is 133 Å². The second-order valence-corrected chi connectivity index (χ2v) is 16.1. The van der Waals surface area contributed by atoms with E-state index in [9.17, 15) is 14.4 Å². The Morgan fingerprint density at radius 2 is 0.871 bits per heavy atom. The van der Waals surface area contributed by atoms with Gasteiger partial charge in [-0.1, -0.05) is 177 Å². The van der Waals surface area contributed by atoms with Gasteiger partial charge in [-0.2, -0.15) is 0 Å². The van der Waals surface area contributed by atoms with E-state index in [2.05, 4.69) is 45.5 Å². The van der Waals surface area contributed by atoms with Crippen LogP contribution in [0.15, 0.2) is 158 Å². The Morgan fingerprint density at radius 1 is 0.452 bits per heavy atom. The molecule has 0 saturated heterocycles. The van der Waals surface area contributed by atoms with Crippen LogP contribution in [0, 0.1) is 0 Å². The van der Waals surface area contributed by atoms with Crippen molar-refractivity contribution in [1.82, 2.24) is 21.3 Å². The number of hydrogen-bond acceptors (Lipinski definition) is 6. The van der Waals surface area contributed by atoms with E-state index in [-0.39, 0.29) is 11.9 Å². The summed E-state index contributed by atoms with van der Waals surface area (Å²) < 4.78 is 12.1. The highest BCUT2D eigenvalue weighted by Gasteiger charge is 2.33. The van der Waals surface area contributed by atoms with E-state index < -0.39 is 30.4 Å². The van der Waals surface area contributed by atoms with Gasteiger partial charge >= 0.3 is 12.2 Å². The summed E-state index contributed by atoms with van der Waals surface area (Å²) in [4.78, 5) is 40.2. The van der Waals surface area contributed by atoms with Crippen LogP contribution >= 0.6 is 0 Å². The molecule has 2 unspecified atom stereocenters. The Labute approximate surface area is 364 Å². The number of rotatable bonds is 19. The highest BCUT2D eigenvalue weighted by molar-refractivity contribution is 5.86. The fourth-order valence-corrected chi connectivity index (χ4v) is 8.71. The van der Waals surface area contributed by atoms with Crippen molar-refractivity contribution in [3.63, 3.8) is 0 Å². The number of amides is 3. The molecule has 6 aromatic rings. The van der Waals surface area contributed by atoms with Crippen LogP contribution in [0.5, 0.6) is 0 Å². The number of carbonyl (C=O) groups excluding carboxylic acids is 3. The van der Waals surface area contributed by atoms with Crippen molar-refractivity contribution in [3.05, 3.63) is 191 Å². The second kappa shape index (κ2) is 20.7. The van der Waals surface area contributed by atoms with E-state index in [0.29, 0.717) is 19.5 Å². The lowest BCUT2D eigenvalue weighted by Gasteiger charge is -2.21. The van der Waals surface area contributed by atoms with E-state index >= 15 is 0 Å². The minimum atomic E-state index is -0.792. The van der Waals surface area contributed by atoms with Gasteiger partial charge in [0.15, 0.2) is 12.2 Å². The molecule has 0 heterocycles. The van der Waals surface area contributed by atoms with E-state index in [1.165, 1.54) is 5.56 Å². The number of unbranched alkanes of at least 4 members (excludes halogenated alkanes) is 4. The standard InChI is InChI=1S/C53H54N4O5/c58-51(48(35-38-22-8-5-9-23-38)57-53(60)62-50-46-30-16-12-26-42(46)43-27-13-17-31-47(43)50)55-33-19-3-1-2-18-32-54-39(34-37-20-6-4-7-21-37)36-56-52(59)61-49-44-28-14-10-24-40(44)41-25-11-15-29-45(41)49/h4-17,20-31,39,48-50,54H,1-3,18-19,32-36H2,(H,55,58)(H,56,59)(H,57,60). The largest absolute Gasteiger partial charge is 0.436 e. The molecule has 4 N–H and O–H groups in total. The first-order valence-electron chi connectivity index (χ1n) is 21.9. The molecule has 9 nitrogen and oxygen atoms in total. The average molecular weight is 827 g/mol. The molecule has 0 bridgehead atoms. The van der Waals surface area contributed by atoms with Gasteiger partial charge in [-0.3, -0.25) is 4.79 Å². The van der Waals surface area contributed by atoms with Gasteiger partial charge in [0.25, 0.3) is 0 Å². The number of carbonyl (C=O) groups is 3. The lowest BCUT2D eigenvalue weighted by Crippen LogP contribution is -2.48. The fourth-order valence-electron chi connectivity index (χ4n) is 8.71. The van der Waals surface area contributed by atoms with Gasteiger partial charge in [-0.25, -0.2) is 9.59 Å². The van der Waals surface area contributed by atoms with Gasteiger partial charge < -0.3 is 30.7 Å². The predicted octanol–water partition coefficient (Wildman–Crippen LogP) is 9.86. The molecular formula is C53H54N4O5. The SMILES string of the molecule is O=C(NCC(Cc1ccccc1)NCCCCCCCNC(=O)C(Cc1ccccc1)NC(=O)OC1c2ccccc2-c2ccccc21)OC1c2ccccc2-c2ccccc21. The molecule has 3 amide bonds. The van der Waals surface area contributed by atoms with Crippen LogP contribution in [0.25, 0.3) is 22.3 Å². The Bertz CT molecular complexity index is 2350. The van der Waals surface area contributed by atoms with Gasteiger partial charge in [-0.15, -0.1) is 0 Å². The molecular weight excluding hydrogens is 773 g/mol. The fraction of sp³-hybridized carbons (Fsp3) is 0.264. The third-order valence-electron chi connectivity index (χ3n) is 11.8.